The van der Waals surface area contributed by atoms with Crippen LogP contribution in [-0.2, 0) is 6.54 Å². The highest BCUT2D eigenvalue weighted by atomic mass is 19.2. The zero-order valence-corrected chi connectivity index (χ0v) is 9.69. The summed E-state index contributed by atoms with van der Waals surface area (Å²) in [5.74, 6) is -0.752. The van der Waals surface area contributed by atoms with Crippen molar-refractivity contribution < 1.29 is 8.78 Å². The summed E-state index contributed by atoms with van der Waals surface area (Å²) in [4.78, 5) is 0. The molecule has 2 rings (SSSR count). The lowest BCUT2D eigenvalue weighted by molar-refractivity contribution is 0.507. The zero-order valence-electron chi connectivity index (χ0n) is 9.69. The van der Waals surface area contributed by atoms with Crippen molar-refractivity contribution >= 4 is 0 Å². The molecule has 0 unspecified atom stereocenters. The van der Waals surface area contributed by atoms with E-state index in [9.17, 15) is 8.78 Å². The van der Waals surface area contributed by atoms with Crippen molar-refractivity contribution in [3.8, 4) is 11.4 Å². The first-order valence-corrected chi connectivity index (χ1v) is 5.41. The van der Waals surface area contributed by atoms with Crippen LogP contribution in [-0.4, -0.2) is 14.8 Å². The fourth-order valence-electron chi connectivity index (χ4n) is 1.64. The summed E-state index contributed by atoms with van der Waals surface area (Å²) >= 11 is 0. The van der Waals surface area contributed by atoms with Crippen LogP contribution in [0.1, 0.15) is 13.8 Å². The summed E-state index contributed by atoms with van der Waals surface area (Å²) in [5, 5.41) is 7.73. The van der Waals surface area contributed by atoms with Gasteiger partial charge in [-0.1, -0.05) is 13.8 Å². The first kappa shape index (κ1) is 11.7. The second-order valence-corrected chi connectivity index (χ2v) is 4.33. The second kappa shape index (κ2) is 4.61. The highest BCUT2D eigenvalue weighted by Gasteiger charge is 2.11. The third-order valence-electron chi connectivity index (χ3n) is 2.36. The molecule has 0 N–H and O–H groups in total. The maximum atomic E-state index is 13.1. The number of halogens is 2. The third-order valence-corrected chi connectivity index (χ3v) is 2.36. The van der Waals surface area contributed by atoms with E-state index in [1.165, 1.54) is 6.07 Å². The third kappa shape index (κ3) is 2.49. The van der Waals surface area contributed by atoms with Crippen molar-refractivity contribution in [1.82, 2.24) is 14.8 Å². The molecular weight excluding hydrogens is 224 g/mol. The first-order chi connectivity index (χ1) is 8.08. The lowest BCUT2D eigenvalue weighted by Gasteiger charge is -2.09. The fraction of sp³-hybridized carbons (Fsp3) is 0.333. The Labute approximate surface area is 98.1 Å². The lowest BCUT2D eigenvalue weighted by atomic mass is 10.2. The number of aromatic nitrogens is 3. The van der Waals surface area contributed by atoms with Gasteiger partial charge in [-0.2, -0.15) is 0 Å². The average molecular weight is 237 g/mol. The maximum Gasteiger partial charge on any atom is 0.163 e. The summed E-state index contributed by atoms with van der Waals surface area (Å²) in [5.41, 5.74) is 0.530. The van der Waals surface area contributed by atoms with Gasteiger partial charge in [0.2, 0.25) is 0 Å². The standard InChI is InChI=1S/C12H13F2N3/c1-8(2)6-17-7-15-16-12(17)9-3-4-10(13)11(14)5-9/h3-5,7-8H,6H2,1-2H3. The van der Waals surface area contributed by atoms with Crippen LogP contribution in [0.4, 0.5) is 8.78 Å². The molecule has 1 aromatic heterocycles. The maximum absolute atomic E-state index is 13.1. The molecule has 0 saturated heterocycles. The fourth-order valence-corrected chi connectivity index (χ4v) is 1.64. The van der Waals surface area contributed by atoms with Crippen LogP contribution in [0.2, 0.25) is 0 Å². The summed E-state index contributed by atoms with van der Waals surface area (Å²) in [6, 6.07) is 3.73. The van der Waals surface area contributed by atoms with E-state index in [2.05, 4.69) is 24.0 Å². The molecule has 3 nitrogen and oxygen atoms in total. The predicted octanol–water partition coefficient (Wildman–Crippen LogP) is 2.88. The average Bonchev–Trinajstić information content (AvgIpc) is 2.69. The van der Waals surface area contributed by atoms with Gasteiger partial charge in [0.25, 0.3) is 0 Å². The van der Waals surface area contributed by atoms with Crippen LogP contribution in [0.25, 0.3) is 11.4 Å². The summed E-state index contributed by atoms with van der Waals surface area (Å²) < 4.78 is 27.8. The van der Waals surface area contributed by atoms with Gasteiger partial charge < -0.3 is 4.57 Å². The molecule has 0 atom stereocenters. The lowest BCUT2D eigenvalue weighted by Crippen LogP contribution is -2.05. The molecule has 0 spiro atoms. The minimum Gasteiger partial charge on any atom is -0.313 e. The molecule has 0 aliphatic heterocycles. The van der Waals surface area contributed by atoms with Crippen molar-refractivity contribution in [2.45, 2.75) is 20.4 Å². The largest absolute Gasteiger partial charge is 0.313 e. The van der Waals surface area contributed by atoms with Crippen molar-refractivity contribution in [2.75, 3.05) is 0 Å². The van der Waals surface area contributed by atoms with Gasteiger partial charge in [-0.25, -0.2) is 8.78 Å². The van der Waals surface area contributed by atoms with Crippen LogP contribution < -0.4 is 0 Å². The smallest absolute Gasteiger partial charge is 0.163 e. The molecular formula is C12H13F2N3. The molecule has 0 bridgehead atoms. The Hall–Kier alpha value is -1.78. The van der Waals surface area contributed by atoms with Crippen molar-refractivity contribution in [3.63, 3.8) is 0 Å². The molecule has 0 amide bonds. The number of nitrogens with zero attached hydrogens (tertiary/aromatic N) is 3. The molecule has 0 fully saturated rings. The van der Waals surface area contributed by atoms with E-state index in [1.807, 2.05) is 4.57 Å². The van der Waals surface area contributed by atoms with Crippen LogP contribution >= 0.6 is 0 Å². The number of hydrogen-bond donors (Lipinski definition) is 0. The second-order valence-electron chi connectivity index (χ2n) is 4.33. The number of benzene rings is 1. The summed E-state index contributed by atoms with van der Waals surface area (Å²) in [6.07, 6.45) is 1.59. The van der Waals surface area contributed by atoms with Gasteiger partial charge in [-0.3, -0.25) is 0 Å². The van der Waals surface area contributed by atoms with E-state index >= 15 is 0 Å². The topological polar surface area (TPSA) is 30.7 Å². The van der Waals surface area contributed by atoms with E-state index < -0.39 is 11.6 Å². The summed E-state index contributed by atoms with van der Waals surface area (Å²) in [7, 11) is 0. The molecule has 2 aromatic rings. The van der Waals surface area contributed by atoms with Gasteiger partial charge in [-0.05, 0) is 24.1 Å². The Morgan fingerprint density at radius 2 is 2.00 bits per heavy atom. The Bertz CT molecular complexity index is 520. The van der Waals surface area contributed by atoms with Crippen molar-refractivity contribution in [3.05, 3.63) is 36.2 Å². The Morgan fingerprint density at radius 1 is 1.24 bits per heavy atom. The Morgan fingerprint density at radius 3 is 2.65 bits per heavy atom. The molecule has 1 aromatic carbocycles. The molecule has 0 radical (unpaired) electrons. The molecule has 0 saturated carbocycles. The van der Waals surface area contributed by atoms with Crippen LogP contribution in [0.3, 0.4) is 0 Å². The van der Waals surface area contributed by atoms with Crippen LogP contribution in [0, 0.1) is 17.6 Å². The van der Waals surface area contributed by atoms with Crippen molar-refractivity contribution in [2.24, 2.45) is 5.92 Å². The highest BCUT2D eigenvalue weighted by molar-refractivity contribution is 5.54. The molecule has 90 valence electrons. The Balaban J connectivity index is 2.39. The van der Waals surface area contributed by atoms with Crippen molar-refractivity contribution in [1.29, 1.82) is 0 Å². The quantitative estimate of drug-likeness (QED) is 0.821. The van der Waals surface area contributed by atoms with Gasteiger partial charge in [0.1, 0.15) is 6.33 Å². The van der Waals surface area contributed by atoms with E-state index in [-0.39, 0.29) is 0 Å². The zero-order chi connectivity index (χ0) is 12.4. The van der Waals surface area contributed by atoms with Gasteiger partial charge in [0.15, 0.2) is 17.5 Å². The minimum atomic E-state index is -0.874. The molecule has 5 heteroatoms. The predicted molar refractivity (Wildman–Crippen MR) is 60.2 cm³/mol. The number of rotatable bonds is 3. The molecule has 1 heterocycles. The van der Waals surface area contributed by atoms with E-state index in [4.69, 9.17) is 0 Å². The normalized spacial score (nSPS) is 11.1. The SMILES string of the molecule is CC(C)Cn1cnnc1-c1ccc(F)c(F)c1. The summed E-state index contributed by atoms with van der Waals surface area (Å²) in [6.45, 7) is 4.87. The van der Waals surface area contributed by atoms with Gasteiger partial charge >= 0.3 is 0 Å². The van der Waals surface area contributed by atoms with Gasteiger partial charge in [0.05, 0.1) is 0 Å². The van der Waals surface area contributed by atoms with E-state index in [0.717, 1.165) is 18.7 Å². The van der Waals surface area contributed by atoms with E-state index in [0.29, 0.717) is 17.3 Å². The monoisotopic (exact) mass is 237 g/mol. The molecule has 17 heavy (non-hydrogen) atoms. The molecule has 0 aliphatic carbocycles. The van der Waals surface area contributed by atoms with Gasteiger partial charge in [0, 0.05) is 12.1 Å². The minimum absolute atomic E-state index is 0.426. The van der Waals surface area contributed by atoms with E-state index in [1.54, 1.807) is 6.33 Å². The van der Waals surface area contributed by atoms with Crippen LogP contribution in [0.5, 0.6) is 0 Å². The molecule has 0 aliphatic rings. The number of hydrogen-bond acceptors (Lipinski definition) is 2. The Kier molecular flexibility index (Phi) is 3.17. The van der Waals surface area contributed by atoms with Crippen LogP contribution in [0.15, 0.2) is 24.5 Å². The van der Waals surface area contributed by atoms with Gasteiger partial charge in [-0.15, -0.1) is 10.2 Å². The highest BCUT2D eigenvalue weighted by Crippen LogP contribution is 2.20. The first-order valence-electron chi connectivity index (χ1n) is 5.41.